The van der Waals surface area contributed by atoms with Crippen molar-refractivity contribution in [2.45, 2.75) is 32.2 Å². The largest absolute Gasteiger partial charge is 0.326 e. The van der Waals surface area contributed by atoms with E-state index in [2.05, 4.69) is 16.4 Å². The van der Waals surface area contributed by atoms with E-state index < -0.39 is 0 Å². The number of rotatable bonds is 4. The molecule has 0 fully saturated rings. The molecule has 2 heterocycles. The van der Waals surface area contributed by atoms with Gasteiger partial charge in [-0.1, -0.05) is 30.3 Å². The molecule has 0 bridgehead atoms. The Kier molecular flexibility index (Phi) is 3.73. The highest BCUT2D eigenvalue weighted by Crippen LogP contribution is 2.24. The second-order valence-electron chi connectivity index (χ2n) is 6.43. The Hall–Kier alpha value is -2.75. The van der Waals surface area contributed by atoms with Crippen LogP contribution in [0.4, 0.5) is 5.69 Å². The number of carbonyl (C=O) groups is 2. The maximum Gasteiger partial charge on any atom is 0.224 e. The summed E-state index contributed by atoms with van der Waals surface area (Å²) in [5.41, 5.74) is 6.41. The van der Waals surface area contributed by atoms with Crippen LogP contribution in [0.15, 0.2) is 41.4 Å². The van der Waals surface area contributed by atoms with Gasteiger partial charge in [-0.15, -0.1) is 0 Å². The Morgan fingerprint density at radius 2 is 1.75 bits per heavy atom. The summed E-state index contributed by atoms with van der Waals surface area (Å²) in [6.07, 6.45) is 4.01. The molecule has 1 amide bonds. The van der Waals surface area contributed by atoms with Crippen LogP contribution in [0.2, 0.25) is 0 Å². The van der Waals surface area contributed by atoms with Crippen LogP contribution >= 0.6 is 0 Å². The fraction of sp³-hybridized carbons (Fsp3) is 0.250. The molecule has 0 aromatic heterocycles. The Labute approximate surface area is 140 Å². The summed E-state index contributed by atoms with van der Waals surface area (Å²) in [4.78, 5) is 28.0. The molecular formula is C20H18N2O2. The van der Waals surface area contributed by atoms with Gasteiger partial charge in [0.15, 0.2) is 0 Å². The van der Waals surface area contributed by atoms with E-state index >= 15 is 0 Å². The lowest BCUT2D eigenvalue weighted by molar-refractivity contribution is -0.118. The van der Waals surface area contributed by atoms with Gasteiger partial charge in [0, 0.05) is 31.2 Å². The molecule has 0 aliphatic carbocycles. The van der Waals surface area contributed by atoms with E-state index in [0.29, 0.717) is 25.8 Å². The van der Waals surface area contributed by atoms with Gasteiger partial charge in [0.2, 0.25) is 5.91 Å². The number of nitrogens with zero attached hydrogens (tertiary/aromatic N) is 1. The summed E-state index contributed by atoms with van der Waals surface area (Å²) in [6, 6.07) is 12.0. The zero-order chi connectivity index (χ0) is 16.5. The minimum absolute atomic E-state index is 0.0620. The van der Waals surface area contributed by atoms with Crippen molar-refractivity contribution >= 4 is 23.6 Å². The van der Waals surface area contributed by atoms with Crippen molar-refractivity contribution in [2.24, 2.45) is 4.99 Å². The molecule has 4 rings (SSSR count). The average Bonchev–Trinajstić information content (AvgIpc) is 3.02. The molecule has 24 heavy (non-hydrogen) atoms. The number of anilines is 1. The number of nitrogens with one attached hydrogen (secondary N) is 1. The van der Waals surface area contributed by atoms with Gasteiger partial charge in [0.05, 0.1) is 6.54 Å². The van der Waals surface area contributed by atoms with Crippen LogP contribution in [0.1, 0.15) is 34.2 Å². The number of amides is 1. The predicted molar refractivity (Wildman–Crippen MR) is 93.5 cm³/mol. The van der Waals surface area contributed by atoms with Crippen molar-refractivity contribution in [3.05, 3.63) is 64.2 Å². The van der Waals surface area contributed by atoms with Crippen LogP contribution in [0, 0.1) is 0 Å². The van der Waals surface area contributed by atoms with Crippen LogP contribution in [0.3, 0.4) is 0 Å². The first-order valence-corrected chi connectivity index (χ1v) is 8.22. The SMILES string of the molecule is O=C(Cc1ccc2c(c1)CN=C2)Cc1ccc2c(c1)CCC(=O)N2. The molecule has 4 nitrogen and oxygen atoms in total. The fourth-order valence-electron chi connectivity index (χ4n) is 3.34. The Morgan fingerprint density at radius 1 is 1.00 bits per heavy atom. The van der Waals surface area contributed by atoms with Crippen LogP contribution in [-0.2, 0) is 35.4 Å². The first-order valence-electron chi connectivity index (χ1n) is 8.22. The van der Waals surface area contributed by atoms with Gasteiger partial charge in [-0.25, -0.2) is 0 Å². The number of ketones is 1. The van der Waals surface area contributed by atoms with Crippen LogP contribution in [0.5, 0.6) is 0 Å². The van der Waals surface area contributed by atoms with E-state index in [1.54, 1.807) is 0 Å². The number of Topliss-reactive ketones (excluding diaryl/α,β-unsaturated/α-hetero) is 1. The van der Waals surface area contributed by atoms with Crippen molar-refractivity contribution in [3.63, 3.8) is 0 Å². The van der Waals surface area contributed by atoms with Crippen molar-refractivity contribution in [1.29, 1.82) is 0 Å². The van der Waals surface area contributed by atoms with Gasteiger partial charge in [-0.3, -0.25) is 14.6 Å². The molecule has 2 aliphatic rings. The minimum atomic E-state index is 0.0620. The van der Waals surface area contributed by atoms with Crippen molar-refractivity contribution < 1.29 is 9.59 Å². The molecule has 2 aromatic carbocycles. The van der Waals surface area contributed by atoms with E-state index in [-0.39, 0.29) is 11.7 Å². The quantitative estimate of drug-likeness (QED) is 0.942. The van der Waals surface area contributed by atoms with Crippen molar-refractivity contribution in [2.75, 3.05) is 5.32 Å². The molecule has 120 valence electrons. The van der Waals surface area contributed by atoms with Gasteiger partial charge in [0.1, 0.15) is 5.78 Å². The van der Waals surface area contributed by atoms with Crippen LogP contribution in [-0.4, -0.2) is 17.9 Å². The zero-order valence-electron chi connectivity index (χ0n) is 13.3. The van der Waals surface area contributed by atoms with Gasteiger partial charge >= 0.3 is 0 Å². The first kappa shape index (κ1) is 14.8. The monoisotopic (exact) mass is 318 g/mol. The molecule has 0 saturated carbocycles. The lowest BCUT2D eigenvalue weighted by Gasteiger charge is -2.17. The summed E-state index contributed by atoms with van der Waals surface area (Å²) in [7, 11) is 0. The summed E-state index contributed by atoms with van der Waals surface area (Å²) in [5.74, 6) is 0.264. The van der Waals surface area contributed by atoms with Gasteiger partial charge in [0.25, 0.3) is 0 Å². The highest BCUT2D eigenvalue weighted by atomic mass is 16.1. The molecule has 4 heteroatoms. The maximum atomic E-state index is 12.4. The second-order valence-corrected chi connectivity index (χ2v) is 6.43. The number of hydrogen-bond acceptors (Lipinski definition) is 3. The Bertz CT molecular complexity index is 868. The van der Waals surface area contributed by atoms with Gasteiger partial charge in [-0.2, -0.15) is 0 Å². The lowest BCUT2D eigenvalue weighted by Crippen LogP contribution is -2.19. The van der Waals surface area contributed by atoms with E-state index in [0.717, 1.165) is 34.4 Å². The average molecular weight is 318 g/mol. The van der Waals surface area contributed by atoms with Crippen molar-refractivity contribution in [3.8, 4) is 0 Å². The van der Waals surface area contributed by atoms with E-state index in [9.17, 15) is 9.59 Å². The van der Waals surface area contributed by atoms with E-state index in [1.165, 1.54) is 5.56 Å². The number of aryl methyl sites for hydroxylation is 1. The summed E-state index contributed by atoms with van der Waals surface area (Å²) in [6.45, 7) is 0.716. The molecule has 0 saturated heterocycles. The van der Waals surface area contributed by atoms with E-state index in [1.807, 2.05) is 36.5 Å². The molecule has 0 spiro atoms. The lowest BCUT2D eigenvalue weighted by atomic mass is 9.96. The molecule has 2 aromatic rings. The number of hydrogen-bond donors (Lipinski definition) is 1. The molecular weight excluding hydrogens is 300 g/mol. The number of carbonyl (C=O) groups excluding carboxylic acids is 2. The fourth-order valence-corrected chi connectivity index (χ4v) is 3.34. The smallest absolute Gasteiger partial charge is 0.224 e. The molecule has 0 radical (unpaired) electrons. The van der Waals surface area contributed by atoms with Crippen molar-refractivity contribution in [1.82, 2.24) is 0 Å². The third kappa shape index (κ3) is 3.00. The maximum absolute atomic E-state index is 12.4. The topological polar surface area (TPSA) is 58.5 Å². The molecule has 2 aliphatic heterocycles. The molecule has 0 atom stereocenters. The number of benzene rings is 2. The first-order chi connectivity index (χ1) is 11.7. The normalized spacial score (nSPS) is 14.9. The third-order valence-corrected chi connectivity index (χ3v) is 4.57. The van der Waals surface area contributed by atoms with Crippen LogP contribution < -0.4 is 5.32 Å². The number of aliphatic imine (C=N–C) groups is 1. The van der Waals surface area contributed by atoms with Gasteiger partial charge in [-0.05, 0) is 40.3 Å². The Morgan fingerprint density at radius 3 is 2.58 bits per heavy atom. The predicted octanol–water partition coefficient (Wildman–Crippen LogP) is 2.86. The van der Waals surface area contributed by atoms with Gasteiger partial charge < -0.3 is 5.32 Å². The third-order valence-electron chi connectivity index (χ3n) is 4.57. The van der Waals surface area contributed by atoms with Crippen LogP contribution in [0.25, 0.3) is 0 Å². The molecule has 1 N–H and O–H groups in total. The summed E-state index contributed by atoms with van der Waals surface area (Å²) in [5, 5.41) is 2.87. The Balaban J connectivity index is 1.44. The highest BCUT2D eigenvalue weighted by Gasteiger charge is 2.16. The number of fused-ring (bicyclic) bond motifs is 2. The standard InChI is InChI=1S/C20H18N2O2/c23-18(9-13-1-3-16-11-21-12-17(16)8-13)10-14-2-5-19-15(7-14)4-6-20(24)22-19/h1-3,5,7-8,11H,4,6,9-10,12H2,(H,22,24). The summed E-state index contributed by atoms with van der Waals surface area (Å²) >= 11 is 0. The minimum Gasteiger partial charge on any atom is -0.326 e. The summed E-state index contributed by atoms with van der Waals surface area (Å²) < 4.78 is 0. The highest BCUT2D eigenvalue weighted by molar-refractivity contribution is 5.94. The zero-order valence-corrected chi connectivity index (χ0v) is 13.3. The van der Waals surface area contributed by atoms with E-state index in [4.69, 9.17) is 0 Å². The molecule has 0 unspecified atom stereocenters. The second kappa shape index (κ2) is 6.04.